The van der Waals surface area contributed by atoms with Crippen molar-refractivity contribution in [2.45, 2.75) is 25.7 Å². The maximum absolute atomic E-state index is 12.3. The molecule has 0 heterocycles. The van der Waals surface area contributed by atoms with Crippen molar-refractivity contribution in [3.8, 4) is 11.5 Å². The molecule has 0 atom stereocenters. The number of carboxylic acid groups (broad SMARTS) is 1. The molecule has 0 bridgehead atoms. The highest BCUT2D eigenvalue weighted by atomic mass is 16.5. The average Bonchev–Trinajstić information content (AvgIpc) is 2.80. The van der Waals surface area contributed by atoms with Crippen molar-refractivity contribution < 1.29 is 38.5 Å². The molecule has 0 aromatic heterocycles. The average molecular weight is 426 g/mol. The van der Waals surface area contributed by atoms with Gasteiger partial charge in [-0.1, -0.05) is 0 Å². The molecule has 0 amide bonds. The summed E-state index contributed by atoms with van der Waals surface area (Å²) in [6, 6.07) is 11.9. The molecule has 1 N–H and O–H groups in total. The summed E-state index contributed by atoms with van der Waals surface area (Å²) < 4.78 is 15.3. The lowest BCUT2D eigenvalue weighted by Gasteiger charge is -2.24. The first-order valence-corrected chi connectivity index (χ1v) is 9.82. The number of esters is 3. The number of carbonyl (C=O) groups excluding carboxylic acids is 3. The third kappa shape index (κ3) is 5.69. The Hall–Kier alpha value is -3.68. The van der Waals surface area contributed by atoms with E-state index in [1.807, 2.05) is 0 Å². The Bertz CT molecular complexity index is 954. The van der Waals surface area contributed by atoms with Gasteiger partial charge in [0, 0.05) is 0 Å². The monoisotopic (exact) mass is 426 g/mol. The highest BCUT2D eigenvalue weighted by Crippen LogP contribution is 2.30. The number of aliphatic carboxylic acids is 1. The molecule has 0 unspecified atom stereocenters. The van der Waals surface area contributed by atoms with Gasteiger partial charge in [-0.3, -0.25) is 9.59 Å². The Kier molecular flexibility index (Phi) is 7.02. The van der Waals surface area contributed by atoms with E-state index in [0.29, 0.717) is 37.0 Å². The fraction of sp³-hybridized carbons (Fsp3) is 0.304. The topological polar surface area (TPSA) is 116 Å². The van der Waals surface area contributed by atoms with Gasteiger partial charge in [0.2, 0.25) is 0 Å². The fourth-order valence-corrected chi connectivity index (χ4v) is 3.38. The van der Waals surface area contributed by atoms with Gasteiger partial charge < -0.3 is 19.3 Å². The summed E-state index contributed by atoms with van der Waals surface area (Å²) in [6.45, 7) is 0. The Balaban J connectivity index is 1.53. The van der Waals surface area contributed by atoms with E-state index in [1.54, 1.807) is 0 Å². The van der Waals surface area contributed by atoms with E-state index in [9.17, 15) is 19.2 Å². The first kappa shape index (κ1) is 22.0. The summed E-state index contributed by atoms with van der Waals surface area (Å²) >= 11 is 0. The third-order valence-electron chi connectivity index (χ3n) is 5.20. The lowest BCUT2D eigenvalue weighted by molar-refractivity contribution is -0.146. The number of carbonyl (C=O) groups is 4. The molecule has 1 aliphatic rings. The summed E-state index contributed by atoms with van der Waals surface area (Å²) in [5.41, 5.74) is 0.585. The van der Waals surface area contributed by atoms with Crippen molar-refractivity contribution in [1.82, 2.24) is 0 Å². The number of benzene rings is 2. The molecular formula is C23H22O8. The zero-order valence-corrected chi connectivity index (χ0v) is 16.9. The van der Waals surface area contributed by atoms with E-state index in [0.717, 1.165) is 0 Å². The normalized spacial score (nSPS) is 18.0. The minimum atomic E-state index is -0.823. The molecule has 1 fully saturated rings. The molecule has 2 aromatic rings. The van der Waals surface area contributed by atoms with Crippen LogP contribution in [0.25, 0.3) is 0 Å². The molecule has 1 saturated carbocycles. The first-order chi connectivity index (χ1) is 14.9. The second-order valence-corrected chi connectivity index (χ2v) is 7.24. The smallest absolute Gasteiger partial charge is 0.343 e. The Morgan fingerprint density at radius 2 is 1.16 bits per heavy atom. The molecule has 3 rings (SSSR count). The maximum atomic E-state index is 12.3. The molecule has 0 spiro atoms. The zero-order valence-electron chi connectivity index (χ0n) is 16.9. The molecule has 1 aliphatic carbocycles. The quantitative estimate of drug-likeness (QED) is 0.551. The molecular weight excluding hydrogens is 404 g/mol. The molecule has 8 heteroatoms. The summed E-state index contributed by atoms with van der Waals surface area (Å²) in [7, 11) is 1.27. The van der Waals surface area contributed by atoms with Crippen molar-refractivity contribution in [2.24, 2.45) is 11.8 Å². The van der Waals surface area contributed by atoms with E-state index in [2.05, 4.69) is 4.74 Å². The zero-order chi connectivity index (χ0) is 22.4. The van der Waals surface area contributed by atoms with Crippen LogP contribution in [0.5, 0.6) is 11.5 Å². The van der Waals surface area contributed by atoms with Crippen LogP contribution in [0, 0.1) is 11.8 Å². The van der Waals surface area contributed by atoms with Crippen molar-refractivity contribution in [3.63, 3.8) is 0 Å². The largest absolute Gasteiger partial charge is 0.481 e. The fourth-order valence-electron chi connectivity index (χ4n) is 3.38. The van der Waals surface area contributed by atoms with Gasteiger partial charge in [0.1, 0.15) is 11.5 Å². The van der Waals surface area contributed by atoms with E-state index < -0.39 is 23.8 Å². The molecule has 0 saturated heterocycles. The van der Waals surface area contributed by atoms with E-state index in [1.165, 1.54) is 55.6 Å². The summed E-state index contributed by atoms with van der Waals surface area (Å²) in [4.78, 5) is 47.0. The van der Waals surface area contributed by atoms with E-state index in [-0.39, 0.29) is 23.2 Å². The van der Waals surface area contributed by atoms with E-state index in [4.69, 9.17) is 14.6 Å². The number of carboxylic acids is 1. The Labute approximate surface area is 178 Å². The van der Waals surface area contributed by atoms with Crippen molar-refractivity contribution in [1.29, 1.82) is 0 Å². The van der Waals surface area contributed by atoms with Crippen molar-refractivity contribution in [3.05, 3.63) is 59.7 Å². The van der Waals surface area contributed by atoms with Crippen LogP contribution in [0.3, 0.4) is 0 Å². The SMILES string of the molecule is COC(=O)c1ccc(C(=O)Oc2ccc(OC(=O)C3CCC(C(=O)O)CC3)cc2)cc1. The molecule has 162 valence electrons. The second kappa shape index (κ2) is 9.88. The lowest BCUT2D eigenvalue weighted by atomic mass is 9.82. The predicted octanol–water partition coefficient (Wildman–Crippen LogP) is 3.49. The Morgan fingerprint density at radius 3 is 1.65 bits per heavy atom. The summed E-state index contributed by atoms with van der Waals surface area (Å²) in [5, 5.41) is 9.03. The van der Waals surface area contributed by atoms with Crippen LogP contribution >= 0.6 is 0 Å². The molecule has 8 nitrogen and oxygen atoms in total. The summed E-state index contributed by atoms with van der Waals surface area (Å²) in [5.74, 6) is -2.45. The van der Waals surface area contributed by atoms with Crippen LogP contribution in [0.1, 0.15) is 46.4 Å². The molecule has 2 aromatic carbocycles. The van der Waals surface area contributed by atoms with Gasteiger partial charge in [0.05, 0.1) is 30.1 Å². The second-order valence-electron chi connectivity index (χ2n) is 7.24. The number of rotatable bonds is 6. The number of hydrogen-bond donors (Lipinski definition) is 1. The van der Waals surface area contributed by atoms with Gasteiger partial charge in [0.15, 0.2) is 0 Å². The highest BCUT2D eigenvalue weighted by Gasteiger charge is 2.30. The van der Waals surface area contributed by atoms with Crippen LogP contribution in [0.2, 0.25) is 0 Å². The molecule has 31 heavy (non-hydrogen) atoms. The van der Waals surface area contributed by atoms with Gasteiger partial charge in [-0.15, -0.1) is 0 Å². The van der Waals surface area contributed by atoms with Crippen LogP contribution in [0.4, 0.5) is 0 Å². The highest BCUT2D eigenvalue weighted by molar-refractivity contribution is 5.94. The minimum absolute atomic E-state index is 0.264. The van der Waals surface area contributed by atoms with Crippen LogP contribution in [-0.2, 0) is 14.3 Å². The summed E-state index contributed by atoms with van der Waals surface area (Å²) in [6.07, 6.45) is 1.90. The lowest BCUT2D eigenvalue weighted by Crippen LogP contribution is -2.28. The van der Waals surface area contributed by atoms with Gasteiger partial charge in [-0.05, 0) is 74.2 Å². The Morgan fingerprint density at radius 1 is 0.710 bits per heavy atom. The van der Waals surface area contributed by atoms with Crippen molar-refractivity contribution >= 4 is 23.9 Å². The van der Waals surface area contributed by atoms with Crippen LogP contribution in [0.15, 0.2) is 48.5 Å². The molecule has 0 aliphatic heterocycles. The standard InChI is InChI=1S/C23H22O8/c1-29-21(26)15-6-8-17(9-7-15)23(28)31-19-12-10-18(11-13-19)30-22(27)16-4-2-14(3-5-16)20(24)25/h6-14,16H,2-5H2,1H3,(H,24,25). The van der Waals surface area contributed by atoms with Gasteiger partial charge in [0.25, 0.3) is 0 Å². The van der Waals surface area contributed by atoms with Crippen LogP contribution < -0.4 is 9.47 Å². The minimum Gasteiger partial charge on any atom is -0.481 e. The number of ether oxygens (including phenoxy) is 3. The first-order valence-electron chi connectivity index (χ1n) is 9.82. The van der Waals surface area contributed by atoms with Crippen LogP contribution in [-0.4, -0.2) is 36.1 Å². The molecule has 0 radical (unpaired) electrons. The van der Waals surface area contributed by atoms with Crippen molar-refractivity contribution in [2.75, 3.05) is 7.11 Å². The maximum Gasteiger partial charge on any atom is 0.343 e. The number of methoxy groups -OCH3 is 1. The van der Waals surface area contributed by atoms with Gasteiger partial charge in [-0.2, -0.15) is 0 Å². The predicted molar refractivity (Wildman–Crippen MR) is 108 cm³/mol. The van der Waals surface area contributed by atoms with E-state index >= 15 is 0 Å². The van der Waals surface area contributed by atoms with Gasteiger partial charge >= 0.3 is 23.9 Å². The number of hydrogen-bond acceptors (Lipinski definition) is 7. The third-order valence-corrected chi connectivity index (χ3v) is 5.20. The van der Waals surface area contributed by atoms with Gasteiger partial charge in [-0.25, -0.2) is 9.59 Å².